The Bertz CT molecular complexity index is 1030. The first-order chi connectivity index (χ1) is 26.3. The molecule has 2 aromatic rings. The SMILES string of the molecule is CCCCCCCCCc1ccc(OCCOCCOCCOCCOCCOCCOCCOCCOCCOCCOc2ccc(N)cc2)cc1. The lowest BCUT2D eigenvalue weighted by Crippen LogP contribution is -2.15. The zero-order valence-corrected chi connectivity index (χ0v) is 32.5. The smallest absolute Gasteiger partial charge is 0.119 e. The minimum atomic E-state index is 0.476. The second-order valence-electron chi connectivity index (χ2n) is 12.3. The fraction of sp³-hybridized carbons (Fsp3) is 0.707. The van der Waals surface area contributed by atoms with Crippen LogP contribution in [0.2, 0.25) is 0 Å². The van der Waals surface area contributed by atoms with Gasteiger partial charge in [-0.1, -0.05) is 57.6 Å². The minimum absolute atomic E-state index is 0.476. The number of anilines is 1. The highest BCUT2D eigenvalue weighted by molar-refractivity contribution is 5.41. The van der Waals surface area contributed by atoms with E-state index in [0.717, 1.165) is 17.9 Å². The highest BCUT2D eigenvalue weighted by atomic mass is 16.6. The number of benzene rings is 2. The lowest BCUT2D eigenvalue weighted by molar-refractivity contribution is -0.0257. The van der Waals surface area contributed by atoms with Gasteiger partial charge in [-0.25, -0.2) is 0 Å². The molecule has 0 saturated carbocycles. The van der Waals surface area contributed by atoms with Crippen molar-refractivity contribution < 1.29 is 52.1 Å². The summed E-state index contributed by atoms with van der Waals surface area (Å²) in [5.74, 6) is 1.66. The normalized spacial score (nSPS) is 11.3. The van der Waals surface area contributed by atoms with Crippen molar-refractivity contribution in [2.75, 3.05) is 138 Å². The highest BCUT2D eigenvalue weighted by Crippen LogP contribution is 2.15. The summed E-state index contributed by atoms with van der Waals surface area (Å²) in [6.45, 7) is 12.5. The molecule has 12 nitrogen and oxygen atoms in total. The third-order valence-corrected chi connectivity index (χ3v) is 7.84. The average Bonchev–Trinajstić information content (AvgIpc) is 3.18. The van der Waals surface area contributed by atoms with Crippen LogP contribution in [0.3, 0.4) is 0 Å². The molecule has 2 N–H and O–H groups in total. The van der Waals surface area contributed by atoms with Crippen LogP contribution in [-0.4, -0.2) is 132 Å². The first-order valence-electron chi connectivity index (χ1n) is 19.7. The second kappa shape index (κ2) is 36.5. The van der Waals surface area contributed by atoms with Crippen molar-refractivity contribution in [3.63, 3.8) is 0 Å². The molecule has 0 fully saturated rings. The van der Waals surface area contributed by atoms with Crippen LogP contribution in [0.4, 0.5) is 5.69 Å². The zero-order chi connectivity index (χ0) is 37.5. The molecule has 53 heavy (non-hydrogen) atoms. The van der Waals surface area contributed by atoms with Crippen LogP contribution >= 0.6 is 0 Å². The molecule has 0 aromatic heterocycles. The van der Waals surface area contributed by atoms with E-state index in [1.54, 1.807) is 12.1 Å². The van der Waals surface area contributed by atoms with Crippen molar-refractivity contribution >= 4 is 5.69 Å². The van der Waals surface area contributed by atoms with Crippen LogP contribution in [-0.2, 0) is 49.1 Å². The first-order valence-corrected chi connectivity index (χ1v) is 19.7. The molecule has 0 aliphatic heterocycles. The number of nitrogen functional groups attached to an aromatic ring is 1. The molecule has 0 atom stereocenters. The summed E-state index contributed by atoms with van der Waals surface area (Å²) in [5.41, 5.74) is 7.74. The molecule has 2 rings (SSSR count). The number of aryl methyl sites for hydroxylation is 1. The summed E-state index contributed by atoms with van der Waals surface area (Å²) < 4.78 is 61.0. The van der Waals surface area contributed by atoms with Gasteiger partial charge < -0.3 is 57.8 Å². The van der Waals surface area contributed by atoms with E-state index in [4.69, 9.17) is 57.8 Å². The Hall–Kier alpha value is -2.52. The van der Waals surface area contributed by atoms with Crippen molar-refractivity contribution in [1.29, 1.82) is 0 Å². The Morgan fingerprint density at radius 2 is 0.623 bits per heavy atom. The van der Waals surface area contributed by atoms with Gasteiger partial charge in [0.05, 0.1) is 119 Å². The van der Waals surface area contributed by atoms with Gasteiger partial charge in [-0.3, -0.25) is 0 Å². The van der Waals surface area contributed by atoms with E-state index in [9.17, 15) is 0 Å². The first kappa shape index (κ1) is 46.6. The zero-order valence-electron chi connectivity index (χ0n) is 32.5. The van der Waals surface area contributed by atoms with Crippen molar-refractivity contribution in [1.82, 2.24) is 0 Å². The second-order valence-corrected chi connectivity index (χ2v) is 12.3. The average molecular weight is 752 g/mol. The summed E-state index contributed by atoms with van der Waals surface area (Å²) in [6.07, 6.45) is 10.5. The molecule has 0 aliphatic carbocycles. The van der Waals surface area contributed by atoms with Gasteiger partial charge >= 0.3 is 0 Å². The number of nitrogens with two attached hydrogens (primary N) is 1. The molecular formula is C41H69NO11. The molecule has 304 valence electrons. The van der Waals surface area contributed by atoms with E-state index in [-0.39, 0.29) is 0 Å². The fourth-order valence-electron chi connectivity index (χ4n) is 4.90. The van der Waals surface area contributed by atoms with Crippen LogP contribution in [0, 0.1) is 0 Å². The fourth-order valence-corrected chi connectivity index (χ4v) is 4.90. The Morgan fingerprint density at radius 3 is 0.962 bits per heavy atom. The monoisotopic (exact) mass is 751 g/mol. The van der Waals surface area contributed by atoms with E-state index >= 15 is 0 Å². The standard InChI is InChI=1S/C41H69NO11/c1-2-3-4-5-6-7-8-9-38-10-14-40(15-11-38)52-36-34-50-32-30-48-28-26-46-24-22-44-20-18-43-19-21-45-23-25-47-27-29-49-31-33-51-35-37-53-41-16-12-39(42)13-17-41/h10-17H,2-9,18-37,42H2,1H3. The van der Waals surface area contributed by atoms with Gasteiger partial charge in [0.25, 0.3) is 0 Å². The Morgan fingerprint density at radius 1 is 0.340 bits per heavy atom. The van der Waals surface area contributed by atoms with Gasteiger partial charge in [0.1, 0.15) is 24.7 Å². The topological polar surface area (TPSA) is 128 Å². The molecule has 0 aliphatic rings. The Kier molecular flexibility index (Phi) is 32.1. The number of unbranched alkanes of at least 4 members (excludes halogenated alkanes) is 6. The number of hydrogen-bond donors (Lipinski definition) is 1. The predicted octanol–water partition coefficient (Wildman–Crippen LogP) is 6.17. The summed E-state index contributed by atoms with van der Waals surface area (Å²) in [6, 6.07) is 15.7. The van der Waals surface area contributed by atoms with Crippen molar-refractivity contribution in [2.45, 2.75) is 58.3 Å². The Labute approximate surface area is 319 Å². The summed E-state index contributed by atoms with van der Waals surface area (Å²) in [4.78, 5) is 0. The minimum Gasteiger partial charge on any atom is -0.491 e. The van der Waals surface area contributed by atoms with Crippen molar-refractivity contribution in [3.8, 4) is 11.5 Å². The van der Waals surface area contributed by atoms with E-state index in [2.05, 4.69) is 31.2 Å². The summed E-state index contributed by atoms with van der Waals surface area (Å²) in [5, 5.41) is 0. The predicted molar refractivity (Wildman–Crippen MR) is 207 cm³/mol. The number of ether oxygens (including phenoxy) is 11. The molecule has 0 unspecified atom stereocenters. The van der Waals surface area contributed by atoms with Crippen LogP contribution < -0.4 is 15.2 Å². The highest BCUT2D eigenvalue weighted by Gasteiger charge is 2.00. The summed E-state index contributed by atoms with van der Waals surface area (Å²) >= 11 is 0. The van der Waals surface area contributed by atoms with Crippen LogP contribution in [0.15, 0.2) is 48.5 Å². The maximum absolute atomic E-state index is 5.79. The number of hydrogen-bond acceptors (Lipinski definition) is 12. The van der Waals surface area contributed by atoms with Crippen LogP contribution in [0.5, 0.6) is 11.5 Å². The lowest BCUT2D eigenvalue weighted by Gasteiger charge is -2.09. The van der Waals surface area contributed by atoms with E-state index < -0.39 is 0 Å². The van der Waals surface area contributed by atoms with Crippen molar-refractivity contribution in [2.24, 2.45) is 0 Å². The van der Waals surface area contributed by atoms with Gasteiger partial charge in [0.15, 0.2) is 0 Å². The van der Waals surface area contributed by atoms with E-state index in [1.807, 2.05) is 12.1 Å². The molecule has 0 heterocycles. The third kappa shape index (κ3) is 30.5. The van der Waals surface area contributed by atoms with Gasteiger partial charge in [-0.05, 0) is 54.8 Å². The van der Waals surface area contributed by atoms with Gasteiger partial charge in [-0.2, -0.15) is 0 Å². The van der Waals surface area contributed by atoms with Gasteiger partial charge in [-0.15, -0.1) is 0 Å². The molecule has 0 bridgehead atoms. The van der Waals surface area contributed by atoms with E-state index in [1.165, 1.54) is 50.5 Å². The molecule has 0 saturated heterocycles. The lowest BCUT2D eigenvalue weighted by atomic mass is 10.0. The van der Waals surface area contributed by atoms with Gasteiger partial charge in [0.2, 0.25) is 0 Å². The Balaban J connectivity index is 1.18. The van der Waals surface area contributed by atoms with Crippen LogP contribution in [0.1, 0.15) is 57.4 Å². The number of rotatable bonds is 40. The molecular weight excluding hydrogens is 682 g/mol. The molecule has 0 amide bonds. The van der Waals surface area contributed by atoms with E-state index in [0.29, 0.717) is 138 Å². The van der Waals surface area contributed by atoms with Gasteiger partial charge in [0, 0.05) is 5.69 Å². The molecule has 2 aromatic carbocycles. The maximum atomic E-state index is 5.79. The molecule has 0 radical (unpaired) electrons. The largest absolute Gasteiger partial charge is 0.491 e. The van der Waals surface area contributed by atoms with Crippen molar-refractivity contribution in [3.05, 3.63) is 54.1 Å². The maximum Gasteiger partial charge on any atom is 0.119 e. The quantitative estimate of drug-likeness (QED) is 0.0618. The third-order valence-electron chi connectivity index (χ3n) is 7.84. The summed E-state index contributed by atoms with van der Waals surface area (Å²) in [7, 11) is 0. The van der Waals surface area contributed by atoms with Crippen LogP contribution in [0.25, 0.3) is 0 Å². The molecule has 0 spiro atoms. The molecule has 12 heteroatoms.